The number of carbonyl (C=O) groups excluding carboxylic acids is 2. The van der Waals surface area contributed by atoms with Gasteiger partial charge in [0.25, 0.3) is 5.91 Å². The van der Waals surface area contributed by atoms with Crippen LogP contribution in [0.5, 0.6) is 0 Å². The van der Waals surface area contributed by atoms with E-state index in [4.69, 9.17) is 4.42 Å². The monoisotopic (exact) mass is 393 g/mol. The normalized spacial score (nSPS) is 19.6. The number of furan rings is 1. The quantitative estimate of drug-likeness (QED) is 0.819. The van der Waals surface area contributed by atoms with Crippen LogP contribution in [0.3, 0.4) is 0 Å². The smallest absolute Gasteiger partial charge is 0.442 e. The Hall–Kier alpha value is -3.10. The standard InChI is InChI=1S/C19H18F3N3O3/c1-2-7-15(26)23-18(19(20,21)22)17(27)25(12-14-10-6-11-28-14)16(24-18)13-8-4-3-5-9-13/h3-6,8-11H,2,7,12H2,1H3,(H,23,26)/t18-/m0/s1. The molecule has 1 aliphatic rings. The summed E-state index contributed by atoms with van der Waals surface area (Å²) in [4.78, 5) is 29.6. The zero-order valence-electron chi connectivity index (χ0n) is 15.0. The number of amidine groups is 1. The maximum absolute atomic E-state index is 14.0. The minimum absolute atomic E-state index is 0.153. The second-order valence-corrected chi connectivity index (χ2v) is 6.28. The van der Waals surface area contributed by atoms with Gasteiger partial charge in [0, 0.05) is 12.0 Å². The predicted molar refractivity (Wildman–Crippen MR) is 94.1 cm³/mol. The molecule has 0 aliphatic carbocycles. The van der Waals surface area contributed by atoms with Gasteiger partial charge in [-0.05, 0) is 18.6 Å². The summed E-state index contributed by atoms with van der Waals surface area (Å²) in [6.07, 6.45) is -3.58. The van der Waals surface area contributed by atoms with Gasteiger partial charge in [0.05, 0.1) is 12.8 Å². The number of benzene rings is 1. The number of amides is 2. The number of alkyl halides is 3. The topological polar surface area (TPSA) is 74.9 Å². The van der Waals surface area contributed by atoms with Crippen molar-refractivity contribution in [1.29, 1.82) is 0 Å². The van der Waals surface area contributed by atoms with E-state index in [9.17, 15) is 22.8 Å². The molecule has 0 saturated carbocycles. The minimum Gasteiger partial charge on any atom is -0.467 e. The Labute approximate surface area is 159 Å². The van der Waals surface area contributed by atoms with Gasteiger partial charge in [-0.25, -0.2) is 4.99 Å². The van der Waals surface area contributed by atoms with Gasteiger partial charge < -0.3 is 9.73 Å². The fraction of sp³-hybridized carbons (Fsp3) is 0.316. The second kappa shape index (κ2) is 7.49. The third-order valence-electron chi connectivity index (χ3n) is 4.22. The Bertz CT molecular complexity index is 879. The van der Waals surface area contributed by atoms with Crippen molar-refractivity contribution in [1.82, 2.24) is 10.2 Å². The molecule has 2 aromatic rings. The van der Waals surface area contributed by atoms with Crippen molar-refractivity contribution in [3.8, 4) is 0 Å². The molecule has 0 spiro atoms. The van der Waals surface area contributed by atoms with Crippen LogP contribution in [-0.2, 0) is 16.1 Å². The predicted octanol–water partition coefficient (Wildman–Crippen LogP) is 3.24. The SMILES string of the molecule is CCCC(=O)N[C@]1(C(F)(F)F)N=C(c2ccccc2)N(Cc2ccco2)C1=O. The van der Waals surface area contributed by atoms with Crippen molar-refractivity contribution in [2.24, 2.45) is 4.99 Å². The van der Waals surface area contributed by atoms with Crippen LogP contribution in [0, 0.1) is 0 Å². The lowest BCUT2D eigenvalue weighted by molar-refractivity contribution is -0.200. The third kappa shape index (κ3) is 3.51. The number of aliphatic imine (C=N–C) groups is 1. The van der Waals surface area contributed by atoms with E-state index in [1.165, 1.54) is 6.26 Å². The summed E-state index contributed by atoms with van der Waals surface area (Å²) in [5.41, 5.74) is -3.05. The summed E-state index contributed by atoms with van der Waals surface area (Å²) in [5, 5.41) is 1.82. The van der Waals surface area contributed by atoms with E-state index in [1.807, 2.05) is 5.32 Å². The van der Waals surface area contributed by atoms with Crippen molar-refractivity contribution in [2.45, 2.75) is 38.1 Å². The highest BCUT2D eigenvalue weighted by Gasteiger charge is 2.67. The largest absolute Gasteiger partial charge is 0.467 e. The lowest BCUT2D eigenvalue weighted by Gasteiger charge is -2.29. The van der Waals surface area contributed by atoms with E-state index < -0.39 is 23.7 Å². The van der Waals surface area contributed by atoms with Gasteiger partial charge in [-0.15, -0.1) is 0 Å². The van der Waals surface area contributed by atoms with E-state index >= 15 is 0 Å². The van der Waals surface area contributed by atoms with Crippen molar-refractivity contribution >= 4 is 17.6 Å². The van der Waals surface area contributed by atoms with Gasteiger partial charge in [-0.1, -0.05) is 37.3 Å². The average molecular weight is 393 g/mol. The first kappa shape index (κ1) is 19.7. The van der Waals surface area contributed by atoms with Gasteiger partial charge in [-0.3, -0.25) is 14.5 Å². The van der Waals surface area contributed by atoms with Gasteiger partial charge in [0.1, 0.15) is 11.6 Å². The molecule has 9 heteroatoms. The molecule has 1 aromatic heterocycles. The molecule has 28 heavy (non-hydrogen) atoms. The lowest BCUT2D eigenvalue weighted by Crippen LogP contribution is -2.63. The number of halogens is 3. The summed E-state index contributed by atoms with van der Waals surface area (Å²) in [6, 6.07) is 11.1. The Kier molecular flexibility index (Phi) is 5.26. The van der Waals surface area contributed by atoms with Crippen LogP contribution in [0.2, 0.25) is 0 Å². The van der Waals surface area contributed by atoms with Gasteiger partial charge in [0.2, 0.25) is 5.91 Å². The highest BCUT2D eigenvalue weighted by atomic mass is 19.4. The number of hydrogen-bond acceptors (Lipinski definition) is 4. The lowest BCUT2D eigenvalue weighted by atomic mass is 10.1. The van der Waals surface area contributed by atoms with Gasteiger partial charge in [0.15, 0.2) is 0 Å². The van der Waals surface area contributed by atoms with E-state index in [1.54, 1.807) is 49.4 Å². The van der Waals surface area contributed by atoms with Crippen molar-refractivity contribution in [2.75, 3.05) is 0 Å². The molecule has 2 heterocycles. The molecule has 1 aromatic carbocycles. The number of hydrogen-bond donors (Lipinski definition) is 1. The van der Waals surface area contributed by atoms with Crippen molar-refractivity contribution in [3.63, 3.8) is 0 Å². The van der Waals surface area contributed by atoms with Crippen LogP contribution in [0.1, 0.15) is 31.1 Å². The molecule has 1 N–H and O–H groups in total. The summed E-state index contributed by atoms with van der Waals surface area (Å²) in [5.74, 6) is -2.17. The molecule has 148 valence electrons. The summed E-state index contributed by atoms with van der Waals surface area (Å²) in [7, 11) is 0. The van der Waals surface area contributed by atoms with Crippen LogP contribution < -0.4 is 5.32 Å². The zero-order chi connectivity index (χ0) is 20.4. The van der Waals surface area contributed by atoms with Gasteiger partial charge in [-0.2, -0.15) is 13.2 Å². The molecule has 0 bridgehead atoms. The molecule has 1 aliphatic heterocycles. The molecule has 6 nitrogen and oxygen atoms in total. The van der Waals surface area contributed by atoms with E-state index in [-0.39, 0.29) is 24.6 Å². The number of rotatable bonds is 6. The molecule has 0 radical (unpaired) electrons. The molecule has 0 fully saturated rings. The summed E-state index contributed by atoms with van der Waals surface area (Å²) in [6.45, 7) is 1.40. The van der Waals surface area contributed by atoms with Gasteiger partial charge >= 0.3 is 11.8 Å². The fourth-order valence-corrected chi connectivity index (χ4v) is 2.90. The van der Waals surface area contributed by atoms with Crippen LogP contribution in [-0.4, -0.2) is 34.4 Å². The first-order valence-corrected chi connectivity index (χ1v) is 8.66. The molecular weight excluding hydrogens is 375 g/mol. The van der Waals surface area contributed by atoms with E-state index in [2.05, 4.69) is 4.99 Å². The molecular formula is C19H18F3N3O3. The molecule has 3 rings (SSSR count). The Morgan fingerprint density at radius 3 is 2.50 bits per heavy atom. The Balaban J connectivity index is 2.10. The van der Waals surface area contributed by atoms with Crippen LogP contribution in [0.25, 0.3) is 0 Å². The highest BCUT2D eigenvalue weighted by molar-refractivity contribution is 6.16. The Morgan fingerprint density at radius 2 is 1.93 bits per heavy atom. The fourth-order valence-electron chi connectivity index (χ4n) is 2.90. The number of carbonyl (C=O) groups is 2. The average Bonchev–Trinajstić information content (AvgIpc) is 3.25. The molecule has 0 unspecified atom stereocenters. The maximum Gasteiger partial charge on any atom is 0.442 e. The first-order chi connectivity index (χ1) is 13.3. The zero-order valence-corrected chi connectivity index (χ0v) is 15.0. The van der Waals surface area contributed by atoms with Crippen LogP contribution >= 0.6 is 0 Å². The summed E-state index contributed by atoms with van der Waals surface area (Å²) < 4.78 is 47.2. The number of nitrogens with one attached hydrogen (secondary N) is 1. The van der Waals surface area contributed by atoms with Crippen LogP contribution in [0.4, 0.5) is 13.2 Å². The van der Waals surface area contributed by atoms with E-state index in [0.717, 1.165) is 4.90 Å². The van der Waals surface area contributed by atoms with E-state index in [0.29, 0.717) is 12.0 Å². The first-order valence-electron chi connectivity index (χ1n) is 8.66. The Morgan fingerprint density at radius 1 is 1.21 bits per heavy atom. The molecule has 1 atom stereocenters. The number of nitrogens with zero attached hydrogens (tertiary/aromatic N) is 2. The minimum atomic E-state index is -5.12. The van der Waals surface area contributed by atoms with Crippen molar-refractivity contribution < 1.29 is 27.2 Å². The third-order valence-corrected chi connectivity index (χ3v) is 4.22. The maximum atomic E-state index is 14.0. The summed E-state index contributed by atoms with van der Waals surface area (Å²) >= 11 is 0. The molecule has 2 amide bonds. The second-order valence-electron chi connectivity index (χ2n) is 6.28. The highest BCUT2D eigenvalue weighted by Crippen LogP contribution is 2.39. The molecule has 0 saturated heterocycles. The van der Waals surface area contributed by atoms with Crippen LogP contribution in [0.15, 0.2) is 58.1 Å². The van der Waals surface area contributed by atoms with Crippen molar-refractivity contribution in [3.05, 3.63) is 60.1 Å².